The van der Waals surface area contributed by atoms with Gasteiger partial charge in [-0.05, 0) is 75.0 Å². The number of anilines is 1. The Labute approximate surface area is 193 Å². The lowest BCUT2D eigenvalue weighted by Gasteiger charge is -2.30. The lowest BCUT2D eigenvalue weighted by molar-refractivity contribution is -0.130. The minimum atomic E-state index is 0.163. The molecule has 0 spiro atoms. The summed E-state index contributed by atoms with van der Waals surface area (Å²) in [6.07, 6.45) is 4.85. The van der Waals surface area contributed by atoms with E-state index in [1.807, 2.05) is 23.1 Å². The summed E-state index contributed by atoms with van der Waals surface area (Å²) in [6, 6.07) is 16.8. The fourth-order valence-corrected chi connectivity index (χ4v) is 4.61. The number of benzene rings is 2. The minimum Gasteiger partial charge on any atom is -0.376 e. The molecule has 0 unspecified atom stereocenters. The second kappa shape index (κ2) is 11.0. The van der Waals surface area contributed by atoms with Crippen LogP contribution in [-0.2, 0) is 24.3 Å². The molecular formula is C27H38N4O. The molecule has 1 amide bonds. The van der Waals surface area contributed by atoms with Crippen molar-refractivity contribution in [3.63, 3.8) is 0 Å². The zero-order valence-corrected chi connectivity index (χ0v) is 19.7. The molecule has 0 bridgehead atoms. The minimum absolute atomic E-state index is 0.163. The Balaban J connectivity index is 1.36. The Morgan fingerprint density at radius 1 is 1.06 bits per heavy atom. The van der Waals surface area contributed by atoms with Crippen LogP contribution in [-0.4, -0.2) is 67.4 Å². The number of amides is 1. The fourth-order valence-electron chi connectivity index (χ4n) is 4.61. The maximum atomic E-state index is 13.2. The zero-order chi connectivity index (χ0) is 22.3. The van der Waals surface area contributed by atoms with Gasteiger partial charge < -0.3 is 15.1 Å². The van der Waals surface area contributed by atoms with Crippen LogP contribution in [0.25, 0.3) is 0 Å². The van der Waals surface area contributed by atoms with Crippen molar-refractivity contribution in [2.24, 2.45) is 5.92 Å². The smallest absolute Gasteiger partial charge is 0.242 e. The molecule has 1 N–H and O–H groups in total. The van der Waals surface area contributed by atoms with Crippen molar-refractivity contribution in [3.05, 3.63) is 65.2 Å². The van der Waals surface area contributed by atoms with Gasteiger partial charge in [0.05, 0.1) is 6.54 Å². The predicted molar refractivity (Wildman–Crippen MR) is 132 cm³/mol. The van der Waals surface area contributed by atoms with E-state index in [1.54, 1.807) is 0 Å². The first-order valence-corrected chi connectivity index (χ1v) is 12.1. The summed E-state index contributed by atoms with van der Waals surface area (Å²) >= 11 is 0. The zero-order valence-electron chi connectivity index (χ0n) is 19.7. The summed E-state index contributed by atoms with van der Waals surface area (Å²) in [7, 11) is 4.16. The SMILES string of the molecule is CN(C)CCCN(Cc1ccccc1)C(=O)CNc1cccc2c1CCN(CC1CC1)C2. The Morgan fingerprint density at radius 3 is 2.62 bits per heavy atom. The van der Waals surface area contributed by atoms with Gasteiger partial charge in [0, 0.05) is 38.4 Å². The molecule has 0 aromatic heterocycles. The number of rotatable bonds is 11. The average Bonchev–Trinajstić information content (AvgIpc) is 3.61. The van der Waals surface area contributed by atoms with Crippen LogP contribution < -0.4 is 5.32 Å². The highest BCUT2D eigenvalue weighted by atomic mass is 16.2. The summed E-state index contributed by atoms with van der Waals surface area (Å²) in [5.41, 5.74) is 5.13. The molecule has 4 rings (SSSR count). The van der Waals surface area contributed by atoms with Crippen molar-refractivity contribution in [2.75, 3.05) is 52.1 Å². The Bertz CT molecular complexity index is 878. The molecule has 0 atom stereocenters. The molecule has 0 saturated heterocycles. The van der Waals surface area contributed by atoms with Gasteiger partial charge in [0.1, 0.15) is 0 Å². The number of carbonyl (C=O) groups is 1. The van der Waals surface area contributed by atoms with Crippen LogP contribution in [0.4, 0.5) is 5.69 Å². The van der Waals surface area contributed by atoms with E-state index in [1.165, 1.54) is 36.1 Å². The molecule has 172 valence electrons. The first-order valence-electron chi connectivity index (χ1n) is 12.1. The standard InChI is InChI=1S/C27H38N4O/c1-29(2)15-7-16-31(20-22-8-4-3-5-9-22)27(32)18-28-26-11-6-10-24-21-30(17-14-25(24)26)19-23-12-13-23/h3-6,8-11,23,28H,7,12-21H2,1-2H3. The van der Waals surface area contributed by atoms with Gasteiger partial charge in [-0.1, -0.05) is 42.5 Å². The van der Waals surface area contributed by atoms with Crippen molar-refractivity contribution in [2.45, 2.75) is 38.8 Å². The first-order chi connectivity index (χ1) is 15.6. The molecule has 2 aromatic rings. The summed E-state index contributed by atoms with van der Waals surface area (Å²) in [5.74, 6) is 1.09. The lowest BCUT2D eigenvalue weighted by Crippen LogP contribution is -2.37. The Morgan fingerprint density at radius 2 is 1.88 bits per heavy atom. The summed E-state index contributed by atoms with van der Waals surface area (Å²) < 4.78 is 0. The van der Waals surface area contributed by atoms with E-state index in [2.05, 4.69) is 59.5 Å². The van der Waals surface area contributed by atoms with Crippen LogP contribution in [0.15, 0.2) is 48.5 Å². The van der Waals surface area contributed by atoms with Crippen molar-refractivity contribution >= 4 is 11.6 Å². The highest BCUT2D eigenvalue weighted by molar-refractivity contribution is 5.81. The molecule has 0 radical (unpaired) electrons. The van der Waals surface area contributed by atoms with Gasteiger partial charge in [0.25, 0.3) is 0 Å². The van der Waals surface area contributed by atoms with Gasteiger partial charge in [0.2, 0.25) is 5.91 Å². The molecule has 5 heteroatoms. The van der Waals surface area contributed by atoms with E-state index in [0.29, 0.717) is 13.1 Å². The van der Waals surface area contributed by atoms with E-state index in [0.717, 1.165) is 50.6 Å². The summed E-state index contributed by atoms with van der Waals surface area (Å²) in [6.45, 7) is 6.18. The molecule has 1 fully saturated rings. The Kier molecular flexibility index (Phi) is 7.82. The number of hydrogen-bond donors (Lipinski definition) is 1. The second-order valence-electron chi connectivity index (χ2n) is 9.68. The van der Waals surface area contributed by atoms with Crippen LogP contribution >= 0.6 is 0 Å². The van der Waals surface area contributed by atoms with E-state index in [4.69, 9.17) is 0 Å². The van der Waals surface area contributed by atoms with Gasteiger partial charge in [-0.25, -0.2) is 0 Å². The maximum absolute atomic E-state index is 13.2. The second-order valence-corrected chi connectivity index (χ2v) is 9.68. The van der Waals surface area contributed by atoms with Crippen LogP contribution in [0.3, 0.4) is 0 Å². The fraction of sp³-hybridized carbons (Fsp3) is 0.519. The number of carbonyl (C=O) groups excluding carboxylic acids is 1. The van der Waals surface area contributed by atoms with Gasteiger partial charge in [-0.3, -0.25) is 9.69 Å². The molecule has 2 aliphatic rings. The van der Waals surface area contributed by atoms with E-state index < -0.39 is 0 Å². The van der Waals surface area contributed by atoms with Crippen molar-refractivity contribution < 1.29 is 4.79 Å². The third-order valence-corrected chi connectivity index (χ3v) is 6.59. The number of nitrogens with zero attached hydrogens (tertiary/aromatic N) is 3. The molecule has 1 aliphatic carbocycles. The lowest BCUT2D eigenvalue weighted by atomic mass is 9.97. The Hall–Kier alpha value is -2.37. The van der Waals surface area contributed by atoms with Crippen molar-refractivity contribution in [1.82, 2.24) is 14.7 Å². The van der Waals surface area contributed by atoms with Crippen LogP contribution in [0.2, 0.25) is 0 Å². The van der Waals surface area contributed by atoms with Crippen LogP contribution in [0.5, 0.6) is 0 Å². The molecule has 32 heavy (non-hydrogen) atoms. The van der Waals surface area contributed by atoms with E-state index >= 15 is 0 Å². The van der Waals surface area contributed by atoms with Crippen LogP contribution in [0.1, 0.15) is 36.0 Å². The normalized spacial score (nSPS) is 16.1. The van der Waals surface area contributed by atoms with E-state index in [-0.39, 0.29) is 5.91 Å². The molecule has 5 nitrogen and oxygen atoms in total. The number of hydrogen-bond acceptors (Lipinski definition) is 4. The largest absolute Gasteiger partial charge is 0.376 e. The van der Waals surface area contributed by atoms with Crippen molar-refractivity contribution in [1.29, 1.82) is 0 Å². The predicted octanol–water partition coefficient (Wildman–Crippen LogP) is 3.85. The van der Waals surface area contributed by atoms with Gasteiger partial charge in [-0.15, -0.1) is 0 Å². The third kappa shape index (κ3) is 6.57. The highest BCUT2D eigenvalue weighted by Crippen LogP contribution is 2.32. The average molecular weight is 435 g/mol. The van der Waals surface area contributed by atoms with Gasteiger partial charge >= 0.3 is 0 Å². The topological polar surface area (TPSA) is 38.8 Å². The molecule has 1 saturated carbocycles. The third-order valence-electron chi connectivity index (χ3n) is 6.59. The number of nitrogens with one attached hydrogen (secondary N) is 1. The maximum Gasteiger partial charge on any atom is 0.242 e. The quantitative estimate of drug-likeness (QED) is 0.583. The molecule has 2 aromatic carbocycles. The van der Waals surface area contributed by atoms with E-state index in [9.17, 15) is 4.79 Å². The number of fused-ring (bicyclic) bond motifs is 1. The monoisotopic (exact) mass is 434 g/mol. The highest BCUT2D eigenvalue weighted by Gasteiger charge is 2.27. The summed E-state index contributed by atoms with van der Waals surface area (Å²) in [4.78, 5) is 20.0. The van der Waals surface area contributed by atoms with Crippen LogP contribution in [0, 0.1) is 5.92 Å². The molecule has 1 aliphatic heterocycles. The van der Waals surface area contributed by atoms with Crippen molar-refractivity contribution in [3.8, 4) is 0 Å². The summed E-state index contributed by atoms with van der Waals surface area (Å²) in [5, 5.41) is 3.49. The molecule has 1 heterocycles. The first kappa shape index (κ1) is 22.8. The molecular weight excluding hydrogens is 396 g/mol. The van der Waals surface area contributed by atoms with Gasteiger partial charge in [0.15, 0.2) is 0 Å². The van der Waals surface area contributed by atoms with Gasteiger partial charge in [-0.2, -0.15) is 0 Å².